The number of ether oxygens (including phenoxy) is 1. The summed E-state index contributed by atoms with van der Waals surface area (Å²) in [5, 5.41) is 12.1. The van der Waals surface area contributed by atoms with Gasteiger partial charge in [0.25, 0.3) is 0 Å². The van der Waals surface area contributed by atoms with Crippen molar-refractivity contribution in [2.75, 3.05) is 19.0 Å². The minimum Gasteiger partial charge on any atom is -0.465 e. The third-order valence-corrected chi connectivity index (χ3v) is 2.52. The largest absolute Gasteiger partial charge is 0.465 e. The van der Waals surface area contributed by atoms with Gasteiger partial charge >= 0.3 is 5.97 Å². The van der Waals surface area contributed by atoms with Gasteiger partial charge in [0, 0.05) is 18.8 Å². The molecule has 0 aliphatic rings. The molecule has 0 saturated heterocycles. The molecule has 0 aliphatic carbocycles. The Morgan fingerprint density at radius 3 is 3.00 bits per heavy atom. The van der Waals surface area contributed by atoms with Crippen molar-refractivity contribution in [3.63, 3.8) is 0 Å². The van der Waals surface area contributed by atoms with Gasteiger partial charge in [-0.1, -0.05) is 6.92 Å². The predicted octanol–water partition coefficient (Wildman–Crippen LogP) is 1.44. The lowest BCUT2D eigenvalue weighted by Gasteiger charge is -2.17. The second-order valence-corrected chi connectivity index (χ2v) is 3.65. The molecule has 17 heavy (non-hydrogen) atoms. The first-order chi connectivity index (χ1) is 8.22. The van der Waals surface area contributed by atoms with Gasteiger partial charge in [0.05, 0.1) is 7.11 Å². The van der Waals surface area contributed by atoms with Gasteiger partial charge in [-0.15, -0.1) is 0 Å². The third kappa shape index (κ3) is 3.71. The lowest BCUT2D eigenvalue weighted by atomic mass is 10.1. The van der Waals surface area contributed by atoms with Gasteiger partial charge in [-0.3, -0.25) is 0 Å². The Kier molecular flexibility index (Phi) is 5.42. The van der Waals surface area contributed by atoms with Crippen LogP contribution in [-0.2, 0) is 4.74 Å². The van der Waals surface area contributed by atoms with E-state index in [1.807, 2.05) is 6.92 Å². The van der Waals surface area contributed by atoms with E-state index in [4.69, 9.17) is 5.11 Å². The number of carbonyl (C=O) groups is 1. The zero-order valence-electron chi connectivity index (χ0n) is 10.1. The van der Waals surface area contributed by atoms with E-state index >= 15 is 0 Å². The zero-order chi connectivity index (χ0) is 12.7. The lowest BCUT2D eigenvalue weighted by molar-refractivity contribution is 0.0601. The van der Waals surface area contributed by atoms with Crippen molar-refractivity contribution in [3.05, 3.63) is 23.9 Å². The highest BCUT2D eigenvalue weighted by Crippen LogP contribution is 2.15. The van der Waals surface area contributed by atoms with Crippen LogP contribution in [0, 0.1) is 0 Å². The number of aromatic nitrogens is 1. The van der Waals surface area contributed by atoms with Crippen LogP contribution in [0.2, 0.25) is 0 Å². The van der Waals surface area contributed by atoms with Crippen molar-refractivity contribution in [1.29, 1.82) is 0 Å². The highest BCUT2D eigenvalue weighted by molar-refractivity contribution is 5.94. The minimum atomic E-state index is -0.417. The van der Waals surface area contributed by atoms with Crippen molar-refractivity contribution in [2.24, 2.45) is 0 Å². The maximum Gasteiger partial charge on any atom is 0.341 e. The van der Waals surface area contributed by atoms with E-state index in [0.29, 0.717) is 17.8 Å². The Balaban J connectivity index is 2.85. The quantitative estimate of drug-likeness (QED) is 0.734. The molecule has 0 aromatic carbocycles. The van der Waals surface area contributed by atoms with Gasteiger partial charge in [0.1, 0.15) is 11.4 Å². The molecule has 0 fully saturated rings. The van der Waals surface area contributed by atoms with Gasteiger partial charge in [0.15, 0.2) is 0 Å². The van der Waals surface area contributed by atoms with Crippen LogP contribution in [-0.4, -0.2) is 35.8 Å². The molecule has 2 N–H and O–H groups in total. The molecule has 0 radical (unpaired) electrons. The molecule has 5 nitrogen and oxygen atoms in total. The number of aliphatic hydroxyl groups excluding tert-OH is 1. The Morgan fingerprint density at radius 1 is 1.65 bits per heavy atom. The molecule has 1 aromatic heterocycles. The summed E-state index contributed by atoms with van der Waals surface area (Å²) in [5.74, 6) is 0.0825. The smallest absolute Gasteiger partial charge is 0.341 e. The highest BCUT2D eigenvalue weighted by Gasteiger charge is 2.14. The van der Waals surface area contributed by atoms with Crippen molar-refractivity contribution in [1.82, 2.24) is 4.98 Å². The van der Waals surface area contributed by atoms with E-state index in [9.17, 15) is 4.79 Å². The zero-order valence-corrected chi connectivity index (χ0v) is 10.1. The number of hydrogen-bond donors (Lipinski definition) is 2. The van der Waals surface area contributed by atoms with Gasteiger partial charge < -0.3 is 15.2 Å². The van der Waals surface area contributed by atoms with Crippen LogP contribution in [0.1, 0.15) is 30.1 Å². The van der Waals surface area contributed by atoms with Crippen LogP contribution in [0.5, 0.6) is 0 Å². The first kappa shape index (κ1) is 13.4. The molecule has 5 heteroatoms. The van der Waals surface area contributed by atoms with E-state index in [0.717, 1.165) is 6.42 Å². The summed E-state index contributed by atoms with van der Waals surface area (Å²) in [7, 11) is 1.34. The fourth-order valence-electron chi connectivity index (χ4n) is 1.52. The minimum absolute atomic E-state index is 0.0957. The number of nitrogens with zero attached hydrogens (tertiary/aromatic N) is 1. The number of nitrogens with one attached hydrogen (secondary N) is 1. The first-order valence-corrected chi connectivity index (χ1v) is 5.63. The number of hydrogen-bond acceptors (Lipinski definition) is 5. The molecule has 1 atom stereocenters. The molecule has 1 unspecified atom stereocenters. The summed E-state index contributed by atoms with van der Waals surface area (Å²) in [4.78, 5) is 15.6. The topological polar surface area (TPSA) is 71.5 Å². The summed E-state index contributed by atoms with van der Waals surface area (Å²) >= 11 is 0. The molecule has 94 valence electrons. The SMILES string of the molecule is CCC(CCO)Nc1ncccc1C(=O)OC. The van der Waals surface area contributed by atoms with E-state index in [1.165, 1.54) is 7.11 Å². The number of esters is 1. The lowest BCUT2D eigenvalue weighted by Crippen LogP contribution is -2.22. The fraction of sp³-hybridized carbons (Fsp3) is 0.500. The predicted molar refractivity (Wildman–Crippen MR) is 65.0 cm³/mol. The van der Waals surface area contributed by atoms with Crippen molar-refractivity contribution in [3.8, 4) is 0 Å². The molecule has 0 saturated carbocycles. The summed E-state index contributed by atoms with van der Waals surface area (Å²) < 4.78 is 4.68. The normalized spacial score (nSPS) is 11.9. The molecule has 0 spiro atoms. The van der Waals surface area contributed by atoms with E-state index < -0.39 is 5.97 Å². The van der Waals surface area contributed by atoms with Crippen molar-refractivity contribution in [2.45, 2.75) is 25.8 Å². The second-order valence-electron chi connectivity index (χ2n) is 3.65. The molecular weight excluding hydrogens is 220 g/mol. The molecular formula is C12H18N2O3. The summed E-state index contributed by atoms with van der Waals surface area (Å²) in [6.07, 6.45) is 3.08. The van der Waals surface area contributed by atoms with Crippen molar-refractivity contribution >= 4 is 11.8 Å². The fourth-order valence-corrected chi connectivity index (χ4v) is 1.52. The third-order valence-electron chi connectivity index (χ3n) is 2.52. The number of carbonyl (C=O) groups excluding carboxylic acids is 1. The number of aliphatic hydroxyl groups is 1. The molecule has 0 bridgehead atoms. The van der Waals surface area contributed by atoms with Gasteiger partial charge in [-0.2, -0.15) is 0 Å². The molecule has 1 aromatic rings. The average Bonchev–Trinajstić information content (AvgIpc) is 2.38. The Morgan fingerprint density at radius 2 is 2.41 bits per heavy atom. The van der Waals surface area contributed by atoms with Crippen LogP contribution in [0.15, 0.2) is 18.3 Å². The first-order valence-electron chi connectivity index (χ1n) is 5.63. The van der Waals surface area contributed by atoms with Crippen LogP contribution in [0.25, 0.3) is 0 Å². The van der Waals surface area contributed by atoms with E-state index in [1.54, 1.807) is 18.3 Å². The van der Waals surface area contributed by atoms with Gasteiger partial charge in [-0.05, 0) is 25.0 Å². The maximum atomic E-state index is 11.5. The van der Waals surface area contributed by atoms with Crippen LogP contribution in [0.4, 0.5) is 5.82 Å². The Labute approximate surface area is 101 Å². The summed E-state index contributed by atoms with van der Waals surface area (Å²) in [5.41, 5.74) is 0.409. The summed E-state index contributed by atoms with van der Waals surface area (Å²) in [6, 6.07) is 3.44. The monoisotopic (exact) mass is 238 g/mol. The average molecular weight is 238 g/mol. The van der Waals surface area contributed by atoms with Crippen LogP contribution >= 0.6 is 0 Å². The van der Waals surface area contributed by atoms with Crippen molar-refractivity contribution < 1.29 is 14.6 Å². The molecule has 1 heterocycles. The van der Waals surface area contributed by atoms with Crippen LogP contribution in [0.3, 0.4) is 0 Å². The highest BCUT2D eigenvalue weighted by atomic mass is 16.5. The van der Waals surface area contributed by atoms with Crippen LogP contribution < -0.4 is 5.32 Å². The number of rotatable bonds is 6. The Hall–Kier alpha value is -1.62. The van der Waals surface area contributed by atoms with E-state index in [2.05, 4.69) is 15.0 Å². The van der Waals surface area contributed by atoms with Gasteiger partial charge in [0.2, 0.25) is 0 Å². The van der Waals surface area contributed by atoms with E-state index in [-0.39, 0.29) is 12.6 Å². The maximum absolute atomic E-state index is 11.5. The number of pyridine rings is 1. The number of methoxy groups -OCH3 is 1. The molecule has 1 rings (SSSR count). The molecule has 0 amide bonds. The standard InChI is InChI=1S/C12H18N2O3/c1-3-9(6-8-15)14-11-10(12(16)17-2)5-4-7-13-11/h4-5,7,9,15H,3,6,8H2,1-2H3,(H,13,14). The number of anilines is 1. The molecule has 0 aliphatic heterocycles. The summed E-state index contributed by atoms with van der Waals surface area (Å²) in [6.45, 7) is 2.11. The second kappa shape index (κ2) is 6.85. The Bertz CT molecular complexity index is 369. The van der Waals surface area contributed by atoms with Gasteiger partial charge in [-0.25, -0.2) is 9.78 Å².